The van der Waals surface area contributed by atoms with Crippen LogP contribution in [0.1, 0.15) is 37.4 Å². The highest BCUT2D eigenvalue weighted by Gasteiger charge is 2.38. The minimum Gasteiger partial charge on any atom is -0.497 e. The molecule has 0 bridgehead atoms. The Morgan fingerprint density at radius 1 is 0.935 bits per heavy atom. The first-order chi connectivity index (χ1) is 22.1. The van der Waals surface area contributed by atoms with Crippen LogP contribution in [0.5, 0.6) is 5.75 Å². The second-order valence-corrected chi connectivity index (χ2v) is 13.9. The number of rotatable bonds is 8. The molecule has 0 saturated carbocycles. The van der Waals surface area contributed by atoms with Crippen molar-refractivity contribution in [2.75, 3.05) is 46.4 Å². The number of likely N-dealkylation sites (tertiary alicyclic amines) is 1. The summed E-state index contributed by atoms with van der Waals surface area (Å²) in [6.07, 6.45) is 0.815. The van der Waals surface area contributed by atoms with Crippen LogP contribution < -0.4 is 10.4 Å². The van der Waals surface area contributed by atoms with Crippen LogP contribution in [-0.4, -0.2) is 96.0 Å². The maximum atomic E-state index is 14.6. The SMILES string of the molecule is COc1ccc(S(=O)(=O)n2c(=O)n(C(C(=O)N3CC[C@H](N4CCN(C(C)C)CC4)C3)c3ccccc3)c3cc(C#N)ccc32)cc1. The summed E-state index contributed by atoms with van der Waals surface area (Å²) in [6, 6.07) is 20.7. The van der Waals surface area contributed by atoms with E-state index in [4.69, 9.17) is 4.74 Å². The van der Waals surface area contributed by atoms with Gasteiger partial charge in [0.15, 0.2) is 0 Å². The fourth-order valence-corrected chi connectivity index (χ4v) is 8.06. The third-order valence-electron chi connectivity index (χ3n) is 9.24. The van der Waals surface area contributed by atoms with E-state index in [1.807, 2.05) is 6.07 Å². The van der Waals surface area contributed by atoms with Gasteiger partial charge in [0.2, 0.25) is 0 Å². The smallest absolute Gasteiger partial charge is 0.344 e. The first kappa shape index (κ1) is 31.5. The van der Waals surface area contributed by atoms with Crippen molar-refractivity contribution in [3.05, 3.63) is 94.4 Å². The summed E-state index contributed by atoms with van der Waals surface area (Å²) in [4.78, 5) is 35.6. The predicted octanol–water partition coefficient (Wildman–Crippen LogP) is 3.14. The van der Waals surface area contributed by atoms with Crippen LogP contribution in [0.3, 0.4) is 0 Å². The molecular weight excluding hydrogens is 604 g/mol. The molecule has 2 atom stereocenters. The number of carbonyl (C=O) groups excluding carboxylic acids is 1. The molecule has 6 rings (SSSR count). The molecule has 0 spiro atoms. The van der Waals surface area contributed by atoms with Gasteiger partial charge in [-0.3, -0.25) is 19.2 Å². The number of methoxy groups -OCH3 is 1. The van der Waals surface area contributed by atoms with E-state index in [1.54, 1.807) is 29.2 Å². The molecule has 12 heteroatoms. The molecule has 2 aliphatic rings. The van der Waals surface area contributed by atoms with Gasteiger partial charge in [-0.25, -0.2) is 13.2 Å². The number of carbonyl (C=O) groups is 1. The van der Waals surface area contributed by atoms with E-state index < -0.39 is 21.8 Å². The maximum Gasteiger partial charge on any atom is 0.344 e. The number of hydrogen-bond donors (Lipinski definition) is 0. The van der Waals surface area contributed by atoms with Gasteiger partial charge in [0.05, 0.1) is 34.7 Å². The molecule has 240 valence electrons. The number of piperazine rings is 1. The molecule has 3 heterocycles. The summed E-state index contributed by atoms with van der Waals surface area (Å²) >= 11 is 0. The van der Waals surface area contributed by atoms with Gasteiger partial charge in [-0.15, -0.1) is 0 Å². The standard InChI is InChI=1S/C34H38N6O5S/c1-24(2)36-17-19-37(20-18-36)27-15-16-38(23-27)33(41)32(26-7-5-4-6-8-26)39-31-21-25(22-35)9-14-30(31)40(34(39)42)46(43,44)29-12-10-28(45-3)11-13-29/h4-14,21,24,27,32H,15-20,23H2,1-3H3/t27-,32?/m0/s1. The zero-order valence-electron chi connectivity index (χ0n) is 26.2. The van der Waals surface area contributed by atoms with E-state index >= 15 is 0 Å². The summed E-state index contributed by atoms with van der Waals surface area (Å²) < 4.78 is 35.2. The van der Waals surface area contributed by atoms with Crippen molar-refractivity contribution in [2.24, 2.45) is 0 Å². The van der Waals surface area contributed by atoms with Gasteiger partial charge in [-0.1, -0.05) is 30.3 Å². The van der Waals surface area contributed by atoms with Crippen molar-refractivity contribution >= 4 is 27.0 Å². The average Bonchev–Trinajstić information content (AvgIpc) is 3.68. The third kappa shape index (κ3) is 5.70. The average molecular weight is 643 g/mol. The quantitative estimate of drug-likeness (QED) is 0.288. The number of amides is 1. The summed E-state index contributed by atoms with van der Waals surface area (Å²) in [5.41, 5.74) is 0.163. The van der Waals surface area contributed by atoms with Gasteiger partial charge >= 0.3 is 5.69 Å². The van der Waals surface area contributed by atoms with E-state index in [1.165, 1.54) is 54.1 Å². The number of nitriles is 1. The molecular formula is C34H38N6O5S. The third-order valence-corrected chi connectivity index (χ3v) is 10.9. The van der Waals surface area contributed by atoms with Gasteiger partial charge < -0.3 is 9.64 Å². The number of hydrogen-bond acceptors (Lipinski definition) is 8. The number of imidazole rings is 1. The minimum atomic E-state index is -4.41. The number of ether oxygens (including phenoxy) is 1. The van der Waals surface area contributed by atoms with Crippen LogP contribution in [0.2, 0.25) is 0 Å². The van der Waals surface area contributed by atoms with Crippen LogP contribution in [0, 0.1) is 11.3 Å². The number of fused-ring (bicyclic) bond motifs is 1. The van der Waals surface area contributed by atoms with E-state index in [2.05, 4.69) is 29.7 Å². The van der Waals surface area contributed by atoms with Gasteiger partial charge in [0.1, 0.15) is 11.8 Å². The molecule has 1 aromatic heterocycles. The van der Waals surface area contributed by atoms with Crippen LogP contribution in [0.15, 0.2) is 82.5 Å². The molecule has 46 heavy (non-hydrogen) atoms. The number of nitrogens with zero attached hydrogens (tertiary/aromatic N) is 6. The van der Waals surface area contributed by atoms with Gasteiger partial charge in [-0.2, -0.15) is 9.23 Å². The largest absolute Gasteiger partial charge is 0.497 e. The van der Waals surface area contributed by atoms with Crippen molar-refractivity contribution in [2.45, 2.75) is 43.3 Å². The molecule has 1 amide bonds. The van der Waals surface area contributed by atoms with Crippen LogP contribution >= 0.6 is 0 Å². The molecule has 0 aliphatic carbocycles. The van der Waals surface area contributed by atoms with Crippen molar-refractivity contribution in [1.29, 1.82) is 5.26 Å². The highest BCUT2D eigenvalue weighted by atomic mass is 32.2. The highest BCUT2D eigenvalue weighted by molar-refractivity contribution is 7.90. The molecule has 4 aromatic rings. The van der Waals surface area contributed by atoms with E-state index in [-0.39, 0.29) is 33.4 Å². The van der Waals surface area contributed by atoms with Crippen LogP contribution in [0.25, 0.3) is 11.0 Å². The Kier molecular flexibility index (Phi) is 8.74. The topological polar surface area (TPSA) is 121 Å². The van der Waals surface area contributed by atoms with Crippen LogP contribution in [-0.2, 0) is 14.8 Å². The lowest BCUT2D eigenvalue weighted by atomic mass is 10.0. The second kappa shape index (κ2) is 12.7. The molecule has 0 N–H and O–H groups in total. The molecule has 2 saturated heterocycles. The van der Waals surface area contributed by atoms with Crippen molar-refractivity contribution in [1.82, 2.24) is 23.2 Å². The Bertz CT molecular complexity index is 1940. The van der Waals surface area contributed by atoms with Crippen molar-refractivity contribution in [3.8, 4) is 11.8 Å². The maximum absolute atomic E-state index is 14.6. The second-order valence-electron chi connectivity index (χ2n) is 12.1. The molecule has 0 radical (unpaired) electrons. The summed E-state index contributed by atoms with van der Waals surface area (Å²) in [5, 5.41) is 9.73. The normalized spacial score (nSPS) is 18.6. The van der Waals surface area contributed by atoms with E-state index in [0.717, 1.165) is 36.6 Å². The number of benzene rings is 3. The molecule has 11 nitrogen and oxygen atoms in total. The summed E-state index contributed by atoms with van der Waals surface area (Å²) in [7, 11) is -2.93. The Morgan fingerprint density at radius 3 is 2.26 bits per heavy atom. The Balaban J connectivity index is 1.43. The monoisotopic (exact) mass is 642 g/mol. The predicted molar refractivity (Wildman–Crippen MR) is 174 cm³/mol. The Labute approximate surface area is 268 Å². The molecule has 1 unspecified atom stereocenters. The first-order valence-electron chi connectivity index (χ1n) is 15.5. The fourth-order valence-electron chi connectivity index (χ4n) is 6.67. The van der Waals surface area contributed by atoms with Gasteiger partial charge in [0.25, 0.3) is 15.9 Å². The molecule has 2 fully saturated rings. The lowest BCUT2D eigenvalue weighted by Gasteiger charge is -2.39. The van der Waals surface area contributed by atoms with E-state index in [0.29, 0.717) is 30.4 Å². The zero-order valence-corrected chi connectivity index (χ0v) is 27.1. The minimum absolute atomic E-state index is 0.0795. The number of aromatic nitrogens is 2. The Hall–Kier alpha value is -4.44. The lowest BCUT2D eigenvalue weighted by molar-refractivity contribution is -0.132. The zero-order chi connectivity index (χ0) is 32.6. The fraction of sp³-hybridized carbons (Fsp3) is 0.382. The van der Waals surface area contributed by atoms with Crippen molar-refractivity contribution in [3.63, 3.8) is 0 Å². The van der Waals surface area contributed by atoms with Gasteiger partial charge in [-0.05, 0) is 68.3 Å². The summed E-state index contributed by atoms with van der Waals surface area (Å²) in [6.45, 7) is 9.27. The molecule has 3 aromatic carbocycles. The van der Waals surface area contributed by atoms with Gasteiger partial charge in [0, 0.05) is 51.4 Å². The van der Waals surface area contributed by atoms with Crippen LogP contribution in [0.4, 0.5) is 0 Å². The summed E-state index contributed by atoms with van der Waals surface area (Å²) in [5.74, 6) is 0.174. The Morgan fingerprint density at radius 2 is 1.63 bits per heavy atom. The van der Waals surface area contributed by atoms with Crippen molar-refractivity contribution < 1.29 is 17.9 Å². The lowest BCUT2D eigenvalue weighted by Crippen LogP contribution is -2.53. The first-order valence-corrected chi connectivity index (χ1v) is 17.0. The highest BCUT2D eigenvalue weighted by Crippen LogP contribution is 2.30. The van der Waals surface area contributed by atoms with E-state index in [9.17, 15) is 23.3 Å². The molecule has 2 aliphatic heterocycles.